The van der Waals surface area contributed by atoms with Crippen molar-refractivity contribution in [3.8, 4) is 0 Å². The van der Waals surface area contributed by atoms with Crippen LogP contribution in [-0.2, 0) is 0 Å². The number of hydrogen-bond donors (Lipinski definition) is 1. The molecule has 0 saturated carbocycles. The normalized spacial score (nSPS) is 8.25. The SMILES string of the molecule is Cc1c#cc(S)nc1. The third-order valence-corrected chi connectivity index (χ3v) is 0.979. The predicted octanol–water partition coefficient (Wildman–Crippen LogP) is 1.28. The van der Waals surface area contributed by atoms with Crippen LogP contribution < -0.4 is 0 Å². The molecule has 1 rings (SSSR count). The van der Waals surface area contributed by atoms with Gasteiger partial charge in [-0.1, -0.05) is 6.07 Å². The molecule has 1 heterocycles. The molecular formula is C6H5NS. The van der Waals surface area contributed by atoms with Gasteiger partial charge in [-0.3, -0.25) is 0 Å². The van der Waals surface area contributed by atoms with Gasteiger partial charge in [-0.15, -0.1) is 12.6 Å². The Morgan fingerprint density at radius 3 is 2.75 bits per heavy atom. The van der Waals surface area contributed by atoms with Crippen molar-refractivity contribution in [1.29, 1.82) is 0 Å². The second-order valence-electron chi connectivity index (χ2n) is 1.51. The summed E-state index contributed by atoms with van der Waals surface area (Å²) in [5, 5.41) is 0.593. The zero-order valence-electron chi connectivity index (χ0n) is 4.47. The third kappa shape index (κ3) is 1.14. The fraction of sp³-hybridized carbons (Fsp3) is 0.167. The molecule has 0 saturated heterocycles. The van der Waals surface area contributed by atoms with Gasteiger partial charge in [0.05, 0.1) is 0 Å². The second kappa shape index (κ2) is 2.06. The molecule has 1 nitrogen and oxygen atoms in total. The Morgan fingerprint density at radius 1 is 1.62 bits per heavy atom. The quantitative estimate of drug-likeness (QED) is 0.513. The maximum Gasteiger partial charge on any atom is 0.143 e. The van der Waals surface area contributed by atoms with E-state index in [1.54, 1.807) is 6.20 Å². The van der Waals surface area contributed by atoms with Crippen LogP contribution >= 0.6 is 12.6 Å². The average Bonchev–Trinajstić information content (AvgIpc) is 1.77. The molecule has 0 aliphatic carbocycles. The highest BCUT2D eigenvalue weighted by molar-refractivity contribution is 7.80. The van der Waals surface area contributed by atoms with Gasteiger partial charge in [0, 0.05) is 11.8 Å². The van der Waals surface area contributed by atoms with Crippen molar-refractivity contribution in [3.05, 3.63) is 23.9 Å². The van der Waals surface area contributed by atoms with E-state index in [2.05, 4.69) is 29.7 Å². The number of thiol groups is 1. The molecule has 0 radical (unpaired) electrons. The van der Waals surface area contributed by atoms with Crippen molar-refractivity contribution >= 4 is 12.6 Å². The summed E-state index contributed by atoms with van der Waals surface area (Å²) in [5.41, 5.74) is 0.989. The molecule has 40 valence electrons. The average molecular weight is 123 g/mol. The van der Waals surface area contributed by atoms with Gasteiger partial charge >= 0.3 is 0 Å². The molecule has 8 heavy (non-hydrogen) atoms. The summed E-state index contributed by atoms with van der Waals surface area (Å²) >= 11 is 3.93. The van der Waals surface area contributed by atoms with Crippen LogP contribution in [0.1, 0.15) is 5.56 Å². The molecular weight excluding hydrogens is 118 g/mol. The highest BCUT2D eigenvalue weighted by Gasteiger charge is 1.79. The zero-order valence-corrected chi connectivity index (χ0v) is 5.37. The lowest BCUT2D eigenvalue weighted by Gasteiger charge is -1.81. The summed E-state index contributed by atoms with van der Waals surface area (Å²) in [6.07, 6.45) is 1.71. The summed E-state index contributed by atoms with van der Waals surface area (Å²) in [6.45, 7) is 1.91. The number of nitrogens with zero attached hydrogens (tertiary/aromatic N) is 1. The van der Waals surface area contributed by atoms with Crippen LogP contribution in [0.2, 0.25) is 0 Å². The third-order valence-electron chi connectivity index (χ3n) is 0.752. The first-order chi connectivity index (χ1) is 3.79. The van der Waals surface area contributed by atoms with E-state index in [9.17, 15) is 0 Å². The first-order valence-corrected chi connectivity index (χ1v) is 2.69. The van der Waals surface area contributed by atoms with Gasteiger partial charge in [-0.2, -0.15) is 0 Å². The van der Waals surface area contributed by atoms with Crippen molar-refractivity contribution in [3.63, 3.8) is 0 Å². The number of aromatic nitrogens is 1. The van der Waals surface area contributed by atoms with E-state index in [-0.39, 0.29) is 0 Å². The Morgan fingerprint density at radius 2 is 2.38 bits per heavy atom. The van der Waals surface area contributed by atoms with E-state index in [4.69, 9.17) is 0 Å². The zero-order chi connectivity index (χ0) is 5.98. The van der Waals surface area contributed by atoms with Gasteiger partial charge in [0.25, 0.3) is 0 Å². The number of aryl methyl sites for hydroxylation is 1. The monoisotopic (exact) mass is 123 g/mol. The summed E-state index contributed by atoms with van der Waals surface area (Å²) in [5.74, 6) is 0. The van der Waals surface area contributed by atoms with E-state index in [0.717, 1.165) is 5.56 Å². The number of rotatable bonds is 0. The molecule has 1 aromatic heterocycles. The summed E-state index contributed by atoms with van der Waals surface area (Å²) in [4.78, 5) is 3.86. The fourth-order valence-corrected chi connectivity index (χ4v) is 0.491. The maximum absolute atomic E-state index is 3.93. The van der Waals surface area contributed by atoms with E-state index < -0.39 is 0 Å². The van der Waals surface area contributed by atoms with Crippen molar-refractivity contribution in [2.75, 3.05) is 0 Å². The van der Waals surface area contributed by atoms with Crippen LogP contribution in [0.4, 0.5) is 0 Å². The minimum Gasteiger partial charge on any atom is -0.240 e. The first kappa shape index (κ1) is 5.46. The molecule has 0 amide bonds. The Balaban J connectivity index is 3.03. The summed E-state index contributed by atoms with van der Waals surface area (Å²) in [7, 11) is 0. The van der Waals surface area contributed by atoms with E-state index in [1.807, 2.05) is 6.92 Å². The van der Waals surface area contributed by atoms with Gasteiger partial charge in [-0.05, 0) is 13.0 Å². The van der Waals surface area contributed by atoms with Crippen LogP contribution in [0.5, 0.6) is 0 Å². The Kier molecular flexibility index (Phi) is 1.40. The molecule has 0 N–H and O–H groups in total. The summed E-state index contributed by atoms with van der Waals surface area (Å²) < 4.78 is 0. The fourth-order valence-electron chi connectivity index (χ4n) is 0.377. The van der Waals surface area contributed by atoms with Gasteiger partial charge in [-0.25, -0.2) is 4.98 Å². The minimum absolute atomic E-state index is 0.593. The lowest BCUT2D eigenvalue weighted by Crippen LogP contribution is -1.71. The molecule has 0 aliphatic heterocycles. The lowest BCUT2D eigenvalue weighted by molar-refractivity contribution is 1.13. The molecule has 0 aromatic carbocycles. The Bertz CT molecular complexity index is 147. The van der Waals surface area contributed by atoms with E-state index >= 15 is 0 Å². The van der Waals surface area contributed by atoms with Crippen LogP contribution in [-0.4, -0.2) is 4.98 Å². The van der Waals surface area contributed by atoms with Crippen molar-refractivity contribution in [1.82, 2.24) is 4.98 Å². The predicted molar refractivity (Wildman–Crippen MR) is 33.9 cm³/mol. The molecule has 0 atom stereocenters. The van der Waals surface area contributed by atoms with Crippen molar-refractivity contribution < 1.29 is 0 Å². The molecule has 0 aliphatic rings. The molecule has 0 unspecified atom stereocenters. The first-order valence-electron chi connectivity index (χ1n) is 2.24. The number of hydrogen-bond acceptors (Lipinski definition) is 2. The molecule has 2 heteroatoms. The van der Waals surface area contributed by atoms with Crippen LogP contribution in [0, 0.1) is 19.1 Å². The van der Waals surface area contributed by atoms with Crippen LogP contribution in [0.25, 0.3) is 0 Å². The molecule has 0 fully saturated rings. The van der Waals surface area contributed by atoms with E-state index in [0.29, 0.717) is 5.03 Å². The van der Waals surface area contributed by atoms with Gasteiger partial charge in [0.1, 0.15) is 5.03 Å². The Hall–Kier alpha value is -0.680. The minimum atomic E-state index is 0.593. The van der Waals surface area contributed by atoms with Gasteiger partial charge in [0.15, 0.2) is 0 Å². The van der Waals surface area contributed by atoms with Crippen molar-refractivity contribution in [2.45, 2.75) is 11.9 Å². The highest BCUT2D eigenvalue weighted by Crippen LogP contribution is 1.93. The second-order valence-corrected chi connectivity index (χ2v) is 1.94. The maximum atomic E-state index is 3.93. The van der Waals surface area contributed by atoms with E-state index in [1.165, 1.54) is 0 Å². The molecule has 1 aromatic rings. The van der Waals surface area contributed by atoms with Gasteiger partial charge in [0.2, 0.25) is 0 Å². The summed E-state index contributed by atoms with van der Waals surface area (Å²) in [6, 6.07) is 5.56. The Labute approximate surface area is 54.2 Å². The largest absolute Gasteiger partial charge is 0.240 e. The van der Waals surface area contributed by atoms with Crippen LogP contribution in [0.3, 0.4) is 0 Å². The topological polar surface area (TPSA) is 12.9 Å². The molecule has 0 spiro atoms. The van der Waals surface area contributed by atoms with Gasteiger partial charge < -0.3 is 0 Å². The van der Waals surface area contributed by atoms with Crippen LogP contribution in [0.15, 0.2) is 11.2 Å². The smallest absolute Gasteiger partial charge is 0.143 e. The highest BCUT2D eigenvalue weighted by atomic mass is 32.1. The van der Waals surface area contributed by atoms with Crippen molar-refractivity contribution in [2.24, 2.45) is 0 Å². The lowest BCUT2D eigenvalue weighted by atomic mass is 10.4. The standard InChI is InChI=1S/C6H5NS/c1-5-2-3-6(8)7-4-5/h4H,1H3,(H,7,8). The molecule has 0 bridgehead atoms.